The van der Waals surface area contributed by atoms with E-state index in [1.807, 2.05) is 51.3 Å². The largest absolute Gasteiger partial charge is 0.456 e. The fourth-order valence-corrected chi connectivity index (χ4v) is 3.09. The molecule has 0 radical (unpaired) electrons. The Kier molecular flexibility index (Phi) is 6.44. The van der Waals surface area contributed by atoms with Crippen molar-refractivity contribution in [1.82, 2.24) is 0 Å². The molecule has 0 spiro atoms. The molecule has 22 heavy (non-hydrogen) atoms. The number of esters is 1. The molecule has 0 atom stereocenters. The van der Waals surface area contributed by atoms with Crippen molar-refractivity contribution in [1.29, 1.82) is 0 Å². The minimum Gasteiger partial charge on any atom is -0.456 e. The van der Waals surface area contributed by atoms with Crippen molar-refractivity contribution in [2.24, 2.45) is 4.99 Å². The highest BCUT2D eigenvalue weighted by Crippen LogP contribution is 2.20. The van der Waals surface area contributed by atoms with Gasteiger partial charge in [0.15, 0.2) is 0 Å². The molecule has 0 aliphatic heterocycles. The van der Waals surface area contributed by atoms with E-state index in [-0.39, 0.29) is 5.97 Å². The summed E-state index contributed by atoms with van der Waals surface area (Å²) in [6.45, 7) is 12.5. The molecule has 0 bridgehead atoms. The van der Waals surface area contributed by atoms with E-state index in [1.54, 1.807) is 11.8 Å². The number of rotatable bonds is 4. The minimum absolute atomic E-state index is 0.294. The molecule has 0 aliphatic rings. The summed E-state index contributed by atoms with van der Waals surface area (Å²) in [7, 11) is -1.27. The summed E-state index contributed by atoms with van der Waals surface area (Å²) in [6.07, 6.45) is 2.85. The lowest BCUT2D eigenvalue weighted by Gasteiger charge is -2.21. The van der Waals surface area contributed by atoms with E-state index in [0.717, 1.165) is 16.8 Å². The molecule has 0 saturated heterocycles. The van der Waals surface area contributed by atoms with Crippen LogP contribution < -0.4 is 0 Å². The summed E-state index contributed by atoms with van der Waals surface area (Å²) in [4.78, 5) is 17.2. The second kappa shape index (κ2) is 7.46. The molecule has 1 rings (SSSR count). The maximum absolute atomic E-state index is 12.4. The highest BCUT2D eigenvalue weighted by molar-refractivity contribution is 8.13. The Morgan fingerprint density at radius 3 is 2.18 bits per heavy atom. The molecule has 3 nitrogen and oxygen atoms in total. The molecule has 0 fully saturated rings. The molecular formula is C17H27NO2SSi. The Bertz CT molecular complexity index is 557. The molecule has 1 aromatic rings. The van der Waals surface area contributed by atoms with Gasteiger partial charge in [-0.25, -0.2) is 4.79 Å². The Labute approximate surface area is 139 Å². The first-order chi connectivity index (χ1) is 10.0. The lowest BCUT2D eigenvalue weighted by atomic mass is 10.1. The van der Waals surface area contributed by atoms with Crippen molar-refractivity contribution >= 4 is 30.8 Å². The summed E-state index contributed by atoms with van der Waals surface area (Å²) >= 11 is 1.58. The lowest BCUT2D eigenvalue weighted by Crippen LogP contribution is -2.26. The van der Waals surface area contributed by atoms with E-state index in [0.29, 0.717) is 5.56 Å². The monoisotopic (exact) mass is 337 g/mol. The lowest BCUT2D eigenvalue weighted by molar-refractivity contribution is 0.00694. The maximum Gasteiger partial charge on any atom is 0.339 e. The fraction of sp³-hybridized carbons (Fsp3) is 0.529. The van der Waals surface area contributed by atoms with Gasteiger partial charge in [-0.15, -0.1) is 11.8 Å². The van der Waals surface area contributed by atoms with Crippen molar-refractivity contribution in [2.45, 2.75) is 46.0 Å². The van der Waals surface area contributed by atoms with Crippen LogP contribution in [-0.4, -0.2) is 37.1 Å². The van der Waals surface area contributed by atoms with Crippen LogP contribution in [0.25, 0.3) is 0 Å². The summed E-state index contributed by atoms with van der Waals surface area (Å²) in [6, 6.07) is 7.55. The van der Waals surface area contributed by atoms with Gasteiger partial charge >= 0.3 is 5.97 Å². The number of thioether (sulfide) groups is 1. The second-order valence-electron chi connectivity index (χ2n) is 7.43. The van der Waals surface area contributed by atoms with Crippen LogP contribution in [0.4, 0.5) is 0 Å². The van der Waals surface area contributed by atoms with Gasteiger partial charge in [-0.1, -0.05) is 37.8 Å². The van der Waals surface area contributed by atoms with E-state index in [2.05, 4.69) is 19.6 Å². The first kappa shape index (κ1) is 19.0. The third-order valence-corrected chi connectivity index (χ3v) is 4.51. The minimum atomic E-state index is -1.27. The number of hydrogen-bond donors (Lipinski definition) is 0. The van der Waals surface area contributed by atoms with Crippen LogP contribution in [0.5, 0.6) is 0 Å². The highest BCUT2D eigenvalue weighted by Gasteiger charge is 2.22. The smallest absolute Gasteiger partial charge is 0.339 e. The van der Waals surface area contributed by atoms with Crippen molar-refractivity contribution in [3.05, 3.63) is 35.4 Å². The number of benzene rings is 1. The summed E-state index contributed by atoms with van der Waals surface area (Å²) in [5, 5.41) is 0.906. The zero-order chi connectivity index (χ0) is 17.0. The third-order valence-electron chi connectivity index (χ3n) is 2.67. The predicted octanol–water partition coefficient (Wildman–Crippen LogP) is 4.63. The number of nitrogens with zero attached hydrogens (tertiary/aromatic N) is 1. The molecular weight excluding hydrogens is 310 g/mol. The van der Waals surface area contributed by atoms with Gasteiger partial charge in [-0.2, -0.15) is 0 Å². The van der Waals surface area contributed by atoms with E-state index >= 15 is 0 Å². The van der Waals surface area contributed by atoms with Crippen molar-refractivity contribution in [3.63, 3.8) is 0 Å². The van der Waals surface area contributed by atoms with Gasteiger partial charge in [0.2, 0.25) is 0 Å². The number of ether oxygens (including phenoxy) is 1. The molecule has 5 heteroatoms. The van der Waals surface area contributed by atoms with E-state index < -0.39 is 13.7 Å². The topological polar surface area (TPSA) is 38.7 Å². The van der Waals surface area contributed by atoms with Gasteiger partial charge in [0.25, 0.3) is 0 Å². The molecule has 0 aliphatic carbocycles. The molecule has 0 amide bonds. The maximum atomic E-state index is 12.4. The van der Waals surface area contributed by atoms with E-state index in [1.165, 1.54) is 0 Å². The Morgan fingerprint density at radius 1 is 1.18 bits per heavy atom. The standard InChI is InChI=1S/C17H27NO2SSi/c1-17(2,3)20-16(19)14-11-9-8-10-13(14)15(21-4)18-12-22(5,6)7/h8-11H,12H2,1-7H3. The van der Waals surface area contributed by atoms with Crippen molar-refractivity contribution in [2.75, 3.05) is 12.4 Å². The molecule has 0 unspecified atom stereocenters. The molecule has 0 heterocycles. The van der Waals surface area contributed by atoms with Crippen molar-refractivity contribution in [3.8, 4) is 0 Å². The second-order valence-corrected chi connectivity index (χ2v) is 13.7. The first-order valence-corrected chi connectivity index (χ1v) is 12.4. The quantitative estimate of drug-likeness (QED) is 0.348. The molecule has 0 N–H and O–H groups in total. The van der Waals surface area contributed by atoms with Gasteiger partial charge in [-0.3, -0.25) is 4.99 Å². The van der Waals surface area contributed by atoms with Gasteiger partial charge in [-0.05, 0) is 33.1 Å². The average molecular weight is 338 g/mol. The fourth-order valence-electron chi connectivity index (χ4n) is 1.75. The Morgan fingerprint density at radius 2 is 1.73 bits per heavy atom. The van der Waals surface area contributed by atoms with Gasteiger partial charge < -0.3 is 4.74 Å². The van der Waals surface area contributed by atoms with E-state index in [9.17, 15) is 4.79 Å². The number of carbonyl (C=O) groups excluding carboxylic acids is 1. The molecule has 0 aromatic heterocycles. The van der Waals surface area contributed by atoms with Crippen LogP contribution >= 0.6 is 11.8 Å². The molecule has 0 saturated carbocycles. The van der Waals surface area contributed by atoms with Crippen LogP contribution in [-0.2, 0) is 4.74 Å². The van der Waals surface area contributed by atoms with Crippen molar-refractivity contribution < 1.29 is 9.53 Å². The Balaban J connectivity index is 3.16. The van der Waals surface area contributed by atoms with Crippen LogP contribution in [0.15, 0.2) is 29.3 Å². The zero-order valence-corrected chi connectivity index (χ0v) is 16.5. The summed E-state index contributed by atoms with van der Waals surface area (Å²) in [5.41, 5.74) is 0.947. The predicted molar refractivity (Wildman–Crippen MR) is 99.9 cm³/mol. The number of carbonyl (C=O) groups is 1. The third kappa shape index (κ3) is 6.36. The molecule has 1 aromatic carbocycles. The highest BCUT2D eigenvalue weighted by atomic mass is 32.2. The van der Waals surface area contributed by atoms with Gasteiger partial charge in [0.05, 0.1) is 18.7 Å². The van der Waals surface area contributed by atoms with E-state index in [4.69, 9.17) is 9.73 Å². The first-order valence-electron chi connectivity index (χ1n) is 7.45. The van der Waals surface area contributed by atoms with Crippen LogP contribution in [0.2, 0.25) is 19.6 Å². The van der Waals surface area contributed by atoms with Gasteiger partial charge in [0.1, 0.15) is 5.60 Å². The SMILES string of the molecule is CSC(=NC[Si](C)(C)C)c1ccccc1C(=O)OC(C)(C)C. The van der Waals surface area contributed by atoms with Crippen LogP contribution in [0, 0.1) is 0 Å². The number of aliphatic imine (C=N–C) groups is 1. The normalized spacial score (nSPS) is 13.1. The summed E-state index contributed by atoms with van der Waals surface area (Å²) in [5.74, 6) is -0.294. The Hall–Kier alpha value is -1.07. The zero-order valence-electron chi connectivity index (χ0n) is 14.7. The van der Waals surface area contributed by atoms with Crippen LogP contribution in [0.1, 0.15) is 36.7 Å². The molecule has 122 valence electrons. The van der Waals surface area contributed by atoms with Gasteiger partial charge in [0, 0.05) is 11.7 Å². The summed E-state index contributed by atoms with van der Waals surface area (Å²) < 4.78 is 5.51. The average Bonchev–Trinajstić information content (AvgIpc) is 2.36. The number of hydrogen-bond acceptors (Lipinski definition) is 4. The van der Waals surface area contributed by atoms with Crippen LogP contribution in [0.3, 0.4) is 0 Å².